The zero-order valence-corrected chi connectivity index (χ0v) is 22.6. The van der Waals surface area contributed by atoms with E-state index in [1.54, 1.807) is 6.07 Å². The zero-order valence-electron chi connectivity index (χ0n) is 22.6. The highest BCUT2D eigenvalue weighted by Crippen LogP contribution is 2.24. The SMILES string of the molecule is C=C(CO)C(=O)OOOc1cc(C#Cc2ccc(-c3ccc(CCCCC)cc3)cc2)cc(OCOC(C)=O)c1. The van der Waals surface area contributed by atoms with Crippen molar-refractivity contribution in [2.24, 2.45) is 0 Å². The summed E-state index contributed by atoms with van der Waals surface area (Å²) in [5.74, 6) is 5.00. The third-order valence-corrected chi connectivity index (χ3v) is 5.68. The molecular weight excluding hydrogens is 512 g/mol. The number of carbonyl (C=O) groups is 2. The lowest BCUT2D eigenvalue weighted by atomic mass is 10.0. The molecule has 0 saturated heterocycles. The third-order valence-electron chi connectivity index (χ3n) is 5.68. The molecule has 3 rings (SSSR count). The Morgan fingerprint density at radius 1 is 0.875 bits per heavy atom. The Labute approximate surface area is 234 Å². The van der Waals surface area contributed by atoms with Crippen molar-refractivity contribution >= 4 is 11.9 Å². The molecular formula is C32H32O8. The van der Waals surface area contributed by atoms with Crippen molar-refractivity contribution < 1.29 is 39.0 Å². The van der Waals surface area contributed by atoms with Crippen molar-refractivity contribution in [2.75, 3.05) is 13.4 Å². The lowest BCUT2D eigenvalue weighted by Gasteiger charge is -2.09. The molecule has 0 atom stereocenters. The van der Waals surface area contributed by atoms with E-state index in [-0.39, 0.29) is 23.9 Å². The van der Waals surface area contributed by atoms with Crippen molar-refractivity contribution in [3.8, 4) is 34.5 Å². The van der Waals surface area contributed by atoms with E-state index in [1.165, 1.54) is 43.9 Å². The van der Waals surface area contributed by atoms with Crippen LogP contribution in [-0.4, -0.2) is 30.4 Å². The van der Waals surface area contributed by atoms with Gasteiger partial charge >= 0.3 is 11.9 Å². The van der Waals surface area contributed by atoms with Crippen LogP contribution in [0.5, 0.6) is 11.5 Å². The Balaban J connectivity index is 1.70. The Bertz CT molecular complexity index is 1350. The summed E-state index contributed by atoms with van der Waals surface area (Å²) < 4.78 is 10.2. The van der Waals surface area contributed by atoms with E-state index in [4.69, 9.17) is 19.5 Å². The molecule has 8 nitrogen and oxygen atoms in total. The number of hydrogen-bond donors (Lipinski definition) is 1. The van der Waals surface area contributed by atoms with Crippen molar-refractivity contribution in [3.63, 3.8) is 0 Å². The number of aliphatic hydroxyl groups is 1. The van der Waals surface area contributed by atoms with E-state index in [0.29, 0.717) is 5.56 Å². The van der Waals surface area contributed by atoms with E-state index in [2.05, 4.69) is 59.5 Å². The van der Waals surface area contributed by atoms with Gasteiger partial charge in [0.15, 0.2) is 5.75 Å². The molecule has 0 heterocycles. The molecule has 0 spiro atoms. The number of ether oxygens (including phenoxy) is 2. The molecule has 8 heteroatoms. The minimum atomic E-state index is -0.990. The first-order chi connectivity index (χ1) is 19.4. The maximum absolute atomic E-state index is 11.6. The molecule has 0 fully saturated rings. The van der Waals surface area contributed by atoms with E-state index in [0.717, 1.165) is 23.1 Å². The highest BCUT2D eigenvalue weighted by molar-refractivity contribution is 5.87. The van der Waals surface area contributed by atoms with Crippen molar-refractivity contribution in [2.45, 2.75) is 39.5 Å². The first-order valence-electron chi connectivity index (χ1n) is 12.8. The standard InChI is InChI=1S/C32H32O8/c1-4-5-6-7-25-10-14-28(15-11-25)29-16-12-26(13-17-29)8-9-27-18-30(37-22-36-24(3)34)20-31(19-27)38-40-39-32(35)23(2)21-33/h10-20,33H,2,4-7,21-22H2,1,3H3. The summed E-state index contributed by atoms with van der Waals surface area (Å²) in [6.07, 6.45) is 4.77. The second-order valence-corrected chi connectivity index (χ2v) is 8.86. The molecule has 0 aromatic heterocycles. The number of rotatable bonds is 13. The van der Waals surface area contributed by atoms with E-state index in [9.17, 15) is 9.59 Å². The fraction of sp³-hybridized carbons (Fsp3) is 0.250. The van der Waals surface area contributed by atoms with Gasteiger partial charge in [0.1, 0.15) is 5.75 Å². The number of esters is 1. The summed E-state index contributed by atoms with van der Waals surface area (Å²) in [4.78, 5) is 32.0. The zero-order chi connectivity index (χ0) is 28.7. The minimum Gasteiger partial charge on any atom is -0.457 e. The maximum atomic E-state index is 11.6. The predicted molar refractivity (Wildman–Crippen MR) is 149 cm³/mol. The predicted octanol–water partition coefficient (Wildman–Crippen LogP) is 5.70. The van der Waals surface area contributed by atoms with Crippen molar-refractivity contribution in [3.05, 3.63) is 95.6 Å². The fourth-order valence-corrected chi connectivity index (χ4v) is 3.50. The van der Waals surface area contributed by atoms with Crippen LogP contribution in [0.2, 0.25) is 0 Å². The molecule has 0 bridgehead atoms. The summed E-state index contributed by atoms with van der Waals surface area (Å²) >= 11 is 0. The normalized spacial score (nSPS) is 10.2. The van der Waals surface area contributed by atoms with Gasteiger partial charge in [-0.15, -0.1) is 0 Å². The number of hydrogen-bond acceptors (Lipinski definition) is 8. The quantitative estimate of drug-likeness (QED) is 0.0556. The van der Waals surface area contributed by atoms with Crippen LogP contribution >= 0.6 is 0 Å². The van der Waals surface area contributed by atoms with Gasteiger partial charge in [0.2, 0.25) is 6.79 Å². The van der Waals surface area contributed by atoms with Crippen LogP contribution < -0.4 is 9.62 Å². The number of carbonyl (C=O) groups excluding carboxylic acids is 2. The van der Waals surface area contributed by atoms with E-state index < -0.39 is 18.5 Å². The van der Waals surface area contributed by atoms with Gasteiger partial charge in [0.25, 0.3) is 0 Å². The first kappa shape index (κ1) is 30.0. The van der Waals surface area contributed by atoms with Gasteiger partial charge in [-0.3, -0.25) is 14.6 Å². The smallest absolute Gasteiger partial charge is 0.375 e. The molecule has 3 aromatic rings. The van der Waals surface area contributed by atoms with Gasteiger partial charge in [-0.05, 0) is 47.7 Å². The van der Waals surface area contributed by atoms with Crippen LogP contribution in [0.25, 0.3) is 11.1 Å². The molecule has 0 saturated carbocycles. The Morgan fingerprint density at radius 2 is 1.52 bits per heavy atom. The second kappa shape index (κ2) is 15.7. The molecule has 0 amide bonds. The summed E-state index contributed by atoms with van der Waals surface area (Å²) in [5, 5.41) is 13.4. The molecule has 0 aliphatic heterocycles. The largest absolute Gasteiger partial charge is 0.457 e. The maximum Gasteiger partial charge on any atom is 0.375 e. The van der Waals surface area contributed by atoms with Gasteiger partial charge in [0.05, 0.1) is 12.2 Å². The van der Waals surface area contributed by atoms with Crippen LogP contribution in [0.4, 0.5) is 0 Å². The summed E-state index contributed by atoms with van der Waals surface area (Å²) in [6, 6.07) is 21.2. The van der Waals surface area contributed by atoms with Gasteiger partial charge < -0.3 is 14.6 Å². The van der Waals surface area contributed by atoms with Crippen LogP contribution in [-0.2, 0) is 30.7 Å². The number of aryl methyl sites for hydroxylation is 1. The fourth-order valence-electron chi connectivity index (χ4n) is 3.50. The highest BCUT2D eigenvalue weighted by atomic mass is 17.5. The van der Waals surface area contributed by atoms with E-state index in [1.807, 2.05) is 24.3 Å². The molecule has 208 valence electrons. The Hall–Kier alpha value is -4.58. The highest BCUT2D eigenvalue weighted by Gasteiger charge is 2.11. The van der Waals surface area contributed by atoms with Crippen LogP contribution in [0.15, 0.2) is 78.9 Å². The van der Waals surface area contributed by atoms with Crippen LogP contribution in [0.3, 0.4) is 0 Å². The molecule has 0 aliphatic carbocycles. The average Bonchev–Trinajstić information content (AvgIpc) is 2.96. The van der Waals surface area contributed by atoms with Gasteiger partial charge in [-0.1, -0.05) is 74.6 Å². The first-order valence-corrected chi connectivity index (χ1v) is 12.8. The summed E-state index contributed by atoms with van der Waals surface area (Å²) in [6.45, 7) is 5.89. The Kier molecular flexibility index (Phi) is 11.8. The van der Waals surface area contributed by atoms with E-state index >= 15 is 0 Å². The summed E-state index contributed by atoms with van der Waals surface area (Å²) in [5.41, 5.74) is 4.66. The van der Waals surface area contributed by atoms with Gasteiger partial charge in [0, 0.05) is 35.2 Å². The average molecular weight is 545 g/mol. The summed E-state index contributed by atoms with van der Waals surface area (Å²) in [7, 11) is 0. The number of benzene rings is 3. The molecule has 40 heavy (non-hydrogen) atoms. The monoisotopic (exact) mass is 544 g/mol. The van der Waals surface area contributed by atoms with Crippen LogP contribution in [0, 0.1) is 11.8 Å². The molecule has 0 unspecified atom stereocenters. The lowest BCUT2D eigenvalue weighted by molar-refractivity contribution is -0.435. The van der Waals surface area contributed by atoms with Crippen molar-refractivity contribution in [1.29, 1.82) is 0 Å². The molecule has 3 aromatic carbocycles. The lowest BCUT2D eigenvalue weighted by Crippen LogP contribution is -2.12. The second-order valence-electron chi connectivity index (χ2n) is 8.86. The molecule has 0 radical (unpaired) electrons. The number of aliphatic hydroxyl groups excluding tert-OH is 1. The van der Waals surface area contributed by atoms with Crippen molar-refractivity contribution in [1.82, 2.24) is 0 Å². The number of unbranched alkanes of at least 4 members (excludes halogenated alkanes) is 2. The third kappa shape index (κ3) is 9.95. The topological polar surface area (TPSA) is 101 Å². The Morgan fingerprint density at radius 3 is 2.17 bits per heavy atom. The molecule has 1 N–H and O–H groups in total. The molecule has 0 aliphatic rings. The van der Waals surface area contributed by atoms with Crippen LogP contribution in [0.1, 0.15) is 49.8 Å². The van der Waals surface area contributed by atoms with Gasteiger partial charge in [-0.2, -0.15) is 0 Å². The van der Waals surface area contributed by atoms with Gasteiger partial charge in [-0.25, -0.2) is 4.79 Å². The minimum absolute atomic E-state index is 0.0977.